The molecule has 0 unspecified atom stereocenters. The zero-order valence-corrected chi connectivity index (χ0v) is 11.9. The summed E-state index contributed by atoms with van der Waals surface area (Å²) < 4.78 is 11.3. The first-order valence-electron chi connectivity index (χ1n) is 7.12. The summed E-state index contributed by atoms with van der Waals surface area (Å²) in [5.41, 5.74) is 1.18. The minimum atomic E-state index is 0.469. The van der Waals surface area contributed by atoms with Gasteiger partial charge in [0.15, 0.2) is 0 Å². The molecule has 1 aromatic rings. The highest BCUT2D eigenvalue weighted by molar-refractivity contribution is 5.29. The van der Waals surface area contributed by atoms with Crippen LogP contribution in [0.15, 0.2) is 18.5 Å². The van der Waals surface area contributed by atoms with E-state index in [4.69, 9.17) is 9.47 Å². The van der Waals surface area contributed by atoms with Crippen LogP contribution in [0.1, 0.15) is 32.3 Å². The molecule has 0 amide bonds. The standard InChI is InChI=1S/C15H24N2O2/c1-12(2)17-9-14-3-6-16-10-15(14)19-11-13-4-7-18-8-5-13/h3,6,10,12-13,17H,4-5,7-9,11H2,1-2H3. The first-order chi connectivity index (χ1) is 9.25. The lowest BCUT2D eigenvalue weighted by Crippen LogP contribution is -2.24. The van der Waals surface area contributed by atoms with Gasteiger partial charge in [0.1, 0.15) is 5.75 Å². The summed E-state index contributed by atoms with van der Waals surface area (Å²) in [7, 11) is 0. The van der Waals surface area contributed by atoms with Crippen molar-refractivity contribution >= 4 is 0 Å². The van der Waals surface area contributed by atoms with Crippen molar-refractivity contribution in [2.75, 3.05) is 19.8 Å². The van der Waals surface area contributed by atoms with E-state index in [1.54, 1.807) is 0 Å². The Bertz CT molecular complexity index is 376. The van der Waals surface area contributed by atoms with Gasteiger partial charge in [0, 0.05) is 37.6 Å². The zero-order chi connectivity index (χ0) is 13.5. The Morgan fingerprint density at radius 3 is 2.95 bits per heavy atom. The van der Waals surface area contributed by atoms with Crippen LogP contribution in [0.4, 0.5) is 0 Å². The van der Waals surface area contributed by atoms with Crippen molar-refractivity contribution in [2.24, 2.45) is 5.92 Å². The zero-order valence-electron chi connectivity index (χ0n) is 11.9. The minimum Gasteiger partial charge on any atom is -0.491 e. The molecule has 1 fully saturated rings. The lowest BCUT2D eigenvalue weighted by Gasteiger charge is -2.22. The van der Waals surface area contributed by atoms with Crippen molar-refractivity contribution in [3.63, 3.8) is 0 Å². The fraction of sp³-hybridized carbons (Fsp3) is 0.667. The maximum Gasteiger partial charge on any atom is 0.142 e. The molecular weight excluding hydrogens is 240 g/mol. The van der Waals surface area contributed by atoms with Crippen LogP contribution < -0.4 is 10.1 Å². The number of ether oxygens (including phenoxy) is 2. The van der Waals surface area contributed by atoms with Gasteiger partial charge in [-0.1, -0.05) is 13.8 Å². The van der Waals surface area contributed by atoms with Crippen LogP contribution in [0, 0.1) is 5.92 Å². The second kappa shape index (κ2) is 7.46. The molecule has 0 bridgehead atoms. The van der Waals surface area contributed by atoms with Gasteiger partial charge >= 0.3 is 0 Å². The van der Waals surface area contributed by atoms with E-state index in [0.29, 0.717) is 12.0 Å². The monoisotopic (exact) mass is 264 g/mol. The molecule has 2 rings (SSSR count). The molecule has 4 nitrogen and oxygen atoms in total. The van der Waals surface area contributed by atoms with Gasteiger partial charge in [0.05, 0.1) is 12.8 Å². The van der Waals surface area contributed by atoms with Crippen LogP contribution in [-0.2, 0) is 11.3 Å². The van der Waals surface area contributed by atoms with Crippen LogP contribution in [0.5, 0.6) is 5.75 Å². The summed E-state index contributed by atoms with van der Waals surface area (Å²) in [4.78, 5) is 4.16. The molecule has 0 aromatic carbocycles. The number of pyridine rings is 1. The van der Waals surface area contributed by atoms with Gasteiger partial charge in [-0.25, -0.2) is 0 Å². The van der Waals surface area contributed by atoms with E-state index >= 15 is 0 Å². The molecule has 1 saturated heterocycles. The largest absolute Gasteiger partial charge is 0.491 e. The quantitative estimate of drug-likeness (QED) is 0.856. The Hall–Kier alpha value is -1.13. The fourth-order valence-corrected chi connectivity index (χ4v) is 2.12. The molecule has 0 aliphatic carbocycles. The van der Waals surface area contributed by atoms with E-state index in [0.717, 1.165) is 45.0 Å². The molecule has 0 atom stereocenters. The molecule has 19 heavy (non-hydrogen) atoms. The molecule has 1 aliphatic rings. The topological polar surface area (TPSA) is 43.4 Å². The molecule has 1 aliphatic heterocycles. The molecular formula is C15H24N2O2. The van der Waals surface area contributed by atoms with E-state index in [-0.39, 0.29) is 0 Å². The number of rotatable bonds is 6. The van der Waals surface area contributed by atoms with Gasteiger partial charge in [-0.15, -0.1) is 0 Å². The molecule has 1 N–H and O–H groups in total. The average molecular weight is 264 g/mol. The van der Waals surface area contributed by atoms with Gasteiger partial charge < -0.3 is 14.8 Å². The van der Waals surface area contributed by atoms with Gasteiger partial charge in [-0.2, -0.15) is 0 Å². The number of hydrogen-bond acceptors (Lipinski definition) is 4. The molecule has 1 aromatic heterocycles. The van der Waals surface area contributed by atoms with Crippen molar-refractivity contribution in [2.45, 2.75) is 39.3 Å². The Labute approximate surface area is 115 Å². The predicted molar refractivity (Wildman–Crippen MR) is 75.3 cm³/mol. The average Bonchev–Trinajstić information content (AvgIpc) is 2.45. The van der Waals surface area contributed by atoms with Crippen LogP contribution >= 0.6 is 0 Å². The SMILES string of the molecule is CC(C)NCc1ccncc1OCC1CCOCC1. The van der Waals surface area contributed by atoms with Crippen molar-refractivity contribution in [3.8, 4) is 5.75 Å². The second-order valence-corrected chi connectivity index (χ2v) is 5.39. The van der Waals surface area contributed by atoms with Crippen molar-refractivity contribution in [1.82, 2.24) is 10.3 Å². The van der Waals surface area contributed by atoms with Gasteiger partial charge in [-0.05, 0) is 24.8 Å². The van der Waals surface area contributed by atoms with Crippen LogP contribution in [0.25, 0.3) is 0 Å². The maximum absolute atomic E-state index is 5.95. The van der Waals surface area contributed by atoms with Crippen molar-refractivity contribution in [1.29, 1.82) is 0 Å². The highest BCUT2D eigenvalue weighted by Crippen LogP contribution is 2.20. The summed E-state index contributed by atoms with van der Waals surface area (Å²) in [5, 5.41) is 3.41. The van der Waals surface area contributed by atoms with Gasteiger partial charge in [0.25, 0.3) is 0 Å². The van der Waals surface area contributed by atoms with E-state index < -0.39 is 0 Å². The van der Waals surface area contributed by atoms with E-state index in [2.05, 4.69) is 24.1 Å². The highest BCUT2D eigenvalue weighted by Gasteiger charge is 2.15. The lowest BCUT2D eigenvalue weighted by atomic mass is 10.0. The molecule has 0 saturated carbocycles. The molecule has 4 heteroatoms. The van der Waals surface area contributed by atoms with Gasteiger partial charge in [-0.3, -0.25) is 4.98 Å². The third kappa shape index (κ3) is 4.80. The van der Waals surface area contributed by atoms with E-state index in [1.165, 1.54) is 5.56 Å². The number of hydrogen-bond donors (Lipinski definition) is 1. The lowest BCUT2D eigenvalue weighted by molar-refractivity contribution is 0.0495. The number of nitrogens with one attached hydrogen (secondary N) is 1. The first kappa shape index (κ1) is 14.3. The summed E-state index contributed by atoms with van der Waals surface area (Å²) in [6, 6.07) is 2.49. The summed E-state index contributed by atoms with van der Waals surface area (Å²) >= 11 is 0. The molecule has 0 radical (unpaired) electrons. The minimum absolute atomic E-state index is 0.469. The van der Waals surface area contributed by atoms with Crippen LogP contribution in [0.3, 0.4) is 0 Å². The highest BCUT2D eigenvalue weighted by atomic mass is 16.5. The van der Waals surface area contributed by atoms with E-state index in [9.17, 15) is 0 Å². The van der Waals surface area contributed by atoms with E-state index in [1.807, 2.05) is 18.5 Å². The third-order valence-electron chi connectivity index (χ3n) is 3.39. The van der Waals surface area contributed by atoms with Crippen LogP contribution in [-0.4, -0.2) is 30.8 Å². The maximum atomic E-state index is 5.95. The smallest absolute Gasteiger partial charge is 0.142 e. The predicted octanol–water partition coefficient (Wildman–Crippen LogP) is 2.39. The van der Waals surface area contributed by atoms with Gasteiger partial charge in [0.2, 0.25) is 0 Å². The normalized spacial score (nSPS) is 16.8. The summed E-state index contributed by atoms with van der Waals surface area (Å²) in [6.07, 6.45) is 5.83. The Balaban J connectivity index is 1.87. The van der Waals surface area contributed by atoms with Crippen LogP contribution in [0.2, 0.25) is 0 Å². The third-order valence-corrected chi connectivity index (χ3v) is 3.39. The first-order valence-corrected chi connectivity index (χ1v) is 7.12. The fourth-order valence-electron chi connectivity index (χ4n) is 2.12. The summed E-state index contributed by atoms with van der Waals surface area (Å²) in [6.45, 7) is 7.60. The Kier molecular flexibility index (Phi) is 5.61. The molecule has 2 heterocycles. The Morgan fingerprint density at radius 2 is 2.21 bits per heavy atom. The summed E-state index contributed by atoms with van der Waals surface area (Å²) in [5.74, 6) is 1.52. The van der Waals surface area contributed by atoms with Crippen molar-refractivity contribution < 1.29 is 9.47 Å². The molecule has 106 valence electrons. The van der Waals surface area contributed by atoms with Crippen molar-refractivity contribution in [3.05, 3.63) is 24.0 Å². The Morgan fingerprint density at radius 1 is 1.42 bits per heavy atom. The number of aromatic nitrogens is 1. The second-order valence-electron chi connectivity index (χ2n) is 5.39. The number of nitrogens with zero attached hydrogens (tertiary/aromatic N) is 1. The molecule has 0 spiro atoms.